The van der Waals surface area contributed by atoms with Crippen molar-refractivity contribution in [1.29, 1.82) is 0 Å². The lowest BCUT2D eigenvalue weighted by Crippen LogP contribution is -1.99. The van der Waals surface area contributed by atoms with Crippen molar-refractivity contribution in [3.05, 3.63) is 79.0 Å². The molecule has 4 aromatic rings. The van der Waals surface area contributed by atoms with E-state index in [4.69, 9.17) is 11.7 Å². The zero-order chi connectivity index (χ0) is 23.3. The van der Waals surface area contributed by atoms with Gasteiger partial charge in [0.25, 0.3) is 0 Å². The monoisotopic (exact) mass is 459 g/mol. The Morgan fingerprint density at radius 2 is 1.48 bits per heavy atom. The maximum absolute atomic E-state index is 12.6. The lowest BCUT2D eigenvalue weighted by molar-refractivity contribution is 0.595. The van der Waals surface area contributed by atoms with E-state index in [-0.39, 0.29) is 16.3 Å². The Kier molecular flexibility index (Phi) is 6.09. The summed E-state index contributed by atoms with van der Waals surface area (Å²) in [6.07, 6.45) is 1.55. The number of fused-ring (bicyclic) bond motifs is 1. The molecule has 11 nitrogen and oxygen atoms in total. The molecule has 0 aliphatic carbocycles. The van der Waals surface area contributed by atoms with Crippen LogP contribution in [0.3, 0.4) is 0 Å². The van der Waals surface area contributed by atoms with Gasteiger partial charge in [0.15, 0.2) is 0 Å². The van der Waals surface area contributed by atoms with Gasteiger partial charge in [0.2, 0.25) is 0 Å². The van der Waals surface area contributed by atoms with Gasteiger partial charge in [0.05, 0.1) is 11.9 Å². The highest BCUT2D eigenvalue weighted by molar-refractivity contribution is 7.90. The van der Waals surface area contributed by atoms with Crippen molar-refractivity contribution in [2.24, 2.45) is 42.0 Å². The van der Waals surface area contributed by atoms with Gasteiger partial charge in [0, 0.05) is 16.3 Å². The summed E-state index contributed by atoms with van der Waals surface area (Å²) in [7, 11) is -4.19. The zero-order valence-corrected chi connectivity index (χ0v) is 17.8. The van der Waals surface area contributed by atoms with Crippen molar-refractivity contribution >= 4 is 37.9 Å². The van der Waals surface area contributed by atoms with Crippen molar-refractivity contribution in [1.82, 2.24) is 4.98 Å². The molecule has 0 unspecified atom stereocenters. The number of azo groups is 1. The summed E-state index contributed by atoms with van der Waals surface area (Å²) in [5.41, 5.74) is 2.54. The van der Waals surface area contributed by atoms with Crippen LogP contribution in [0, 0.1) is 0 Å². The molecule has 0 spiro atoms. The summed E-state index contributed by atoms with van der Waals surface area (Å²) in [6.45, 7) is 0. The Balaban J connectivity index is 1.81. The molecule has 3 aromatic carbocycles. The molecule has 0 radical (unpaired) electrons. The first-order valence-electron chi connectivity index (χ1n) is 9.50. The predicted octanol–water partition coefficient (Wildman–Crippen LogP) is 5.29. The van der Waals surface area contributed by atoms with E-state index in [2.05, 4.69) is 35.3 Å². The topological polar surface area (TPSA) is 173 Å². The maximum atomic E-state index is 12.6. The number of pyridine rings is 1. The van der Waals surface area contributed by atoms with E-state index in [9.17, 15) is 8.42 Å². The molecule has 164 valence electrons. The van der Waals surface area contributed by atoms with E-state index in [1.54, 1.807) is 36.5 Å². The van der Waals surface area contributed by atoms with Gasteiger partial charge < -0.3 is 11.7 Å². The lowest BCUT2D eigenvalue weighted by Gasteiger charge is -2.09. The fourth-order valence-electron chi connectivity index (χ4n) is 3.21. The van der Waals surface area contributed by atoms with Crippen molar-refractivity contribution in [2.75, 3.05) is 0 Å². The van der Waals surface area contributed by atoms with Crippen LogP contribution >= 0.6 is 0 Å². The molecular weight excluding hydrogens is 442 g/mol. The zero-order valence-electron chi connectivity index (χ0n) is 17.0. The van der Waals surface area contributed by atoms with Gasteiger partial charge in [-0.2, -0.15) is 8.42 Å². The van der Waals surface area contributed by atoms with Crippen LogP contribution in [0.1, 0.15) is 0 Å². The lowest BCUT2D eigenvalue weighted by atomic mass is 10.1. The van der Waals surface area contributed by atoms with Gasteiger partial charge in [-0.3, -0.25) is 4.98 Å². The normalized spacial score (nSPS) is 12.4. The summed E-state index contributed by atoms with van der Waals surface area (Å²) in [5.74, 6) is 10.3. The number of hydrogen-bond donors (Lipinski definition) is 2. The van der Waals surface area contributed by atoms with E-state index in [0.717, 1.165) is 11.3 Å². The number of benzene rings is 3. The van der Waals surface area contributed by atoms with E-state index in [0.29, 0.717) is 16.5 Å². The fourth-order valence-corrected chi connectivity index (χ4v) is 4.14. The summed E-state index contributed by atoms with van der Waals surface area (Å²) < 4.78 is 28.4. The molecule has 1 heterocycles. The first-order valence-corrected chi connectivity index (χ1v) is 10.9. The van der Waals surface area contributed by atoms with Crippen LogP contribution in [-0.4, -0.2) is 13.4 Å². The van der Waals surface area contributed by atoms with Crippen LogP contribution in [0.15, 0.2) is 114 Å². The van der Waals surface area contributed by atoms with Crippen molar-refractivity contribution in [2.45, 2.75) is 4.90 Å². The molecule has 12 heteroatoms. The molecule has 0 saturated heterocycles. The highest BCUT2D eigenvalue weighted by Crippen LogP contribution is 2.41. The third-order valence-corrected chi connectivity index (χ3v) is 5.84. The van der Waals surface area contributed by atoms with E-state index in [1.807, 2.05) is 36.4 Å². The van der Waals surface area contributed by atoms with Gasteiger partial charge >= 0.3 is 10.0 Å². The second-order valence-electron chi connectivity index (χ2n) is 6.64. The summed E-state index contributed by atoms with van der Waals surface area (Å²) >= 11 is 0. The van der Waals surface area contributed by atoms with Gasteiger partial charge in [-0.05, 0) is 22.7 Å². The van der Waals surface area contributed by atoms with Crippen LogP contribution in [0.2, 0.25) is 0 Å². The maximum Gasteiger partial charge on any atom is 0.301 e. The Morgan fingerprint density at radius 1 is 0.758 bits per heavy atom. The number of hydrogen-bond acceptors (Lipinski definition) is 8. The third-order valence-electron chi connectivity index (χ3n) is 4.64. The number of aromatic nitrogens is 1. The summed E-state index contributed by atoms with van der Waals surface area (Å²) in [5, 5.41) is 19.3. The van der Waals surface area contributed by atoms with Gasteiger partial charge in [-0.1, -0.05) is 65.0 Å². The van der Waals surface area contributed by atoms with Crippen molar-refractivity contribution < 1.29 is 8.42 Å². The molecule has 0 aliphatic rings. The van der Waals surface area contributed by atoms with Crippen LogP contribution in [-0.2, 0) is 10.0 Å². The Morgan fingerprint density at radius 3 is 2.15 bits per heavy atom. The Hall–Kier alpha value is -4.58. The molecule has 0 aliphatic heterocycles. The van der Waals surface area contributed by atoms with Crippen LogP contribution in [0.5, 0.6) is 0 Å². The minimum absolute atomic E-state index is 0.112. The molecule has 0 fully saturated rings. The van der Waals surface area contributed by atoms with Crippen LogP contribution < -0.4 is 11.7 Å². The van der Waals surface area contributed by atoms with Gasteiger partial charge in [-0.15, -0.1) is 15.3 Å². The number of nitrogens with zero attached hydrogens (tertiary/aromatic N) is 7. The second kappa shape index (κ2) is 9.28. The Bertz CT molecular complexity index is 1480. The standard InChI is InChI=1S/C21H17N9O2S/c22-28-27-21-17-9-5-4-8-16(17)20(33(31,32)30-29-23)12-19(21)26-25-15-10-11-18(24-13-15)14-6-2-1-3-7-14/h1-13H,(H2,22,27)(H2,23,30). The largest absolute Gasteiger partial charge is 0.305 e. The van der Waals surface area contributed by atoms with E-state index >= 15 is 0 Å². The van der Waals surface area contributed by atoms with Crippen molar-refractivity contribution in [3.8, 4) is 11.3 Å². The molecule has 1 aromatic heterocycles. The molecular formula is C21H17N9O2S. The number of nitrogens with two attached hydrogens (primary N) is 2. The quantitative estimate of drug-likeness (QED) is 0.226. The van der Waals surface area contributed by atoms with Crippen molar-refractivity contribution in [3.63, 3.8) is 0 Å². The smallest absolute Gasteiger partial charge is 0.301 e. The minimum Gasteiger partial charge on any atom is -0.305 e. The first-order chi connectivity index (χ1) is 16.0. The van der Waals surface area contributed by atoms with Crippen LogP contribution in [0.4, 0.5) is 17.1 Å². The highest BCUT2D eigenvalue weighted by Gasteiger charge is 2.22. The Labute approximate surface area is 188 Å². The molecule has 0 amide bonds. The summed E-state index contributed by atoms with van der Waals surface area (Å²) in [4.78, 5) is 4.24. The highest BCUT2D eigenvalue weighted by atomic mass is 32.2. The minimum atomic E-state index is -4.19. The molecule has 33 heavy (non-hydrogen) atoms. The fraction of sp³-hybridized carbons (Fsp3) is 0. The molecule has 0 atom stereocenters. The van der Waals surface area contributed by atoms with Gasteiger partial charge in [0.1, 0.15) is 22.0 Å². The van der Waals surface area contributed by atoms with E-state index in [1.165, 1.54) is 6.07 Å². The molecule has 4 N–H and O–H groups in total. The SMILES string of the molecule is NN=Nc1c(N=Nc2ccc(-c3ccccc3)nc2)cc(S(=O)(=O)N=NN)c2ccccc12. The van der Waals surface area contributed by atoms with E-state index < -0.39 is 10.0 Å². The third kappa shape index (κ3) is 4.55. The predicted molar refractivity (Wildman–Crippen MR) is 123 cm³/mol. The number of rotatable bonds is 6. The van der Waals surface area contributed by atoms with Gasteiger partial charge in [-0.25, -0.2) is 0 Å². The number of sulfonamides is 1. The first kappa shape index (κ1) is 21.6. The molecule has 0 bridgehead atoms. The van der Waals surface area contributed by atoms with Crippen LogP contribution in [0.25, 0.3) is 22.0 Å². The molecule has 4 rings (SSSR count). The average Bonchev–Trinajstić information content (AvgIpc) is 2.84. The second-order valence-corrected chi connectivity index (χ2v) is 8.20. The summed E-state index contributed by atoms with van der Waals surface area (Å²) in [6, 6.07) is 21.1. The average molecular weight is 459 g/mol. The molecule has 0 saturated carbocycles.